The van der Waals surface area contributed by atoms with E-state index in [4.69, 9.17) is 9.94 Å². The van der Waals surface area contributed by atoms with E-state index in [1.165, 1.54) is 22.9 Å². The number of carbonyl (C=O) groups is 3. The fraction of sp³-hybridized carbons (Fsp3) is 0.350. The standard InChI is InChI=1S/C20H21N3O7/c1-12(19(27)28)5-4-9-22-11-13(16(24)21-20(22)29)8-10-30-23-17(25)14-6-2-3-7-15(14)18(23)26/h2-3,6-7,11-12H,4-5,8-10H2,1H3,(H,27,28)(H,21,24,29). The molecule has 0 fully saturated rings. The predicted octanol–water partition coefficient (Wildman–Crippen LogP) is 0.808. The summed E-state index contributed by atoms with van der Waals surface area (Å²) in [6.45, 7) is 1.71. The molecule has 0 bridgehead atoms. The maximum absolute atomic E-state index is 12.3. The number of carbonyl (C=O) groups excluding carboxylic acids is 2. The zero-order chi connectivity index (χ0) is 21.8. The third-order valence-corrected chi connectivity index (χ3v) is 4.89. The maximum Gasteiger partial charge on any atom is 0.328 e. The molecule has 0 radical (unpaired) electrons. The van der Waals surface area contributed by atoms with E-state index < -0.39 is 35.0 Å². The summed E-state index contributed by atoms with van der Waals surface area (Å²) >= 11 is 0. The number of rotatable bonds is 9. The molecule has 1 atom stereocenters. The number of hydrogen-bond donors (Lipinski definition) is 2. The monoisotopic (exact) mass is 415 g/mol. The van der Waals surface area contributed by atoms with Gasteiger partial charge in [0, 0.05) is 24.7 Å². The van der Waals surface area contributed by atoms with Crippen LogP contribution in [0.15, 0.2) is 40.1 Å². The summed E-state index contributed by atoms with van der Waals surface area (Å²) in [5, 5.41) is 9.58. The number of aromatic nitrogens is 2. The molecule has 0 saturated carbocycles. The van der Waals surface area contributed by atoms with Crippen molar-refractivity contribution in [3.63, 3.8) is 0 Å². The molecule has 2 aromatic rings. The SMILES string of the molecule is CC(CCCn1cc(CCON2C(=O)c3ccccc3C2=O)c(=O)[nH]c1=O)C(=O)O. The Morgan fingerprint density at radius 2 is 1.77 bits per heavy atom. The Bertz CT molecular complexity index is 1070. The molecule has 30 heavy (non-hydrogen) atoms. The molecule has 0 aliphatic carbocycles. The fourth-order valence-electron chi connectivity index (χ4n) is 3.12. The van der Waals surface area contributed by atoms with Gasteiger partial charge < -0.3 is 9.67 Å². The first kappa shape index (κ1) is 21.2. The second-order valence-corrected chi connectivity index (χ2v) is 7.02. The van der Waals surface area contributed by atoms with Gasteiger partial charge >= 0.3 is 11.7 Å². The third-order valence-electron chi connectivity index (χ3n) is 4.89. The van der Waals surface area contributed by atoms with Gasteiger partial charge in [0.2, 0.25) is 0 Å². The van der Waals surface area contributed by atoms with Crippen molar-refractivity contribution in [2.24, 2.45) is 5.92 Å². The zero-order valence-electron chi connectivity index (χ0n) is 16.3. The molecular weight excluding hydrogens is 394 g/mol. The van der Waals surface area contributed by atoms with Crippen LogP contribution in [-0.2, 0) is 22.6 Å². The Morgan fingerprint density at radius 3 is 2.37 bits per heavy atom. The molecule has 10 nitrogen and oxygen atoms in total. The van der Waals surface area contributed by atoms with Crippen LogP contribution in [0.2, 0.25) is 0 Å². The van der Waals surface area contributed by atoms with Crippen LogP contribution in [0.25, 0.3) is 0 Å². The second-order valence-electron chi connectivity index (χ2n) is 7.02. The van der Waals surface area contributed by atoms with E-state index in [0.29, 0.717) is 17.9 Å². The molecule has 2 N–H and O–H groups in total. The molecule has 1 aromatic heterocycles. The van der Waals surface area contributed by atoms with Gasteiger partial charge in [-0.15, -0.1) is 5.06 Å². The summed E-state index contributed by atoms with van der Waals surface area (Å²) in [6, 6.07) is 6.36. The molecule has 1 aliphatic heterocycles. The zero-order valence-corrected chi connectivity index (χ0v) is 16.3. The first-order chi connectivity index (χ1) is 14.3. The van der Waals surface area contributed by atoms with Gasteiger partial charge in [-0.25, -0.2) is 4.79 Å². The van der Waals surface area contributed by atoms with Crippen molar-refractivity contribution < 1.29 is 24.3 Å². The number of H-pyrrole nitrogens is 1. The van der Waals surface area contributed by atoms with E-state index in [1.54, 1.807) is 19.1 Å². The predicted molar refractivity (Wildman–Crippen MR) is 104 cm³/mol. The van der Waals surface area contributed by atoms with Crippen molar-refractivity contribution in [3.05, 3.63) is 68.0 Å². The number of imide groups is 1. The van der Waals surface area contributed by atoms with Gasteiger partial charge in [0.05, 0.1) is 23.7 Å². The highest BCUT2D eigenvalue weighted by Gasteiger charge is 2.36. The molecule has 3 rings (SSSR count). The average molecular weight is 415 g/mol. The summed E-state index contributed by atoms with van der Waals surface area (Å²) in [4.78, 5) is 66.9. The minimum absolute atomic E-state index is 0.0640. The number of nitrogens with one attached hydrogen (secondary N) is 1. The topological polar surface area (TPSA) is 139 Å². The Labute approximate surface area is 170 Å². The largest absolute Gasteiger partial charge is 0.481 e. The molecule has 1 aliphatic rings. The number of nitrogens with zero attached hydrogens (tertiary/aromatic N) is 2. The number of aryl methyl sites for hydroxylation is 1. The number of benzene rings is 1. The number of hydroxylamine groups is 2. The van der Waals surface area contributed by atoms with Crippen molar-refractivity contribution in [3.8, 4) is 0 Å². The summed E-state index contributed by atoms with van der Waals surface area (Å²) in [5.74, 6) is -2.57. The quantitative estimate of drug-likeness (QED) is 0.578. The summed E-state index contributed by atoms with van der Waals surface area (Å²) in [7, 11) is 0. The van der Waals surface area contributed by atoms with Crippen molar-refractivity contribution in [2.45, 2.75) is 32.7 Å². The van der Waals surface area contributed by atoms with Crippen LogP contribution >= 0.6 is 0 Å². The van der Waals surface area contributed by atoms with E-state index in [9.17, 15) is 24.0 Å². The third kappa shape index (κ3) is 4.38. The molecule has 1 aromatic carbocycles. The van der Waals surface area contributed by atoms with Crippen LogP contribution in [0.3, 0.4) is 0 Å². The van der Waals surface area contributed by atoms with Crippen LogP contribution in [-0.4, -0.2) is 44.1 Å². The van der Waals surface area contributed by atoms with Gasteiger partial charge in [0.1, 0.15) is 0 Å². The van der Waals surface area contributed by atoms with Crippen molar-refractivity contribution >= 4 is 17.8 Å². The van der Waals surface area contributed by atoms with Crippen molar-refractivity contribution in [2.75, 3.05) is 6.61 Å². The number of carboxylic acid groups (broad SMARTS) is 1. The first-order valence-corrected chi connectivity index (χ1v) is 9.45. The van der Waals surface area contributed by atoms with Gasteiger partial charge in [-0.3, -0.25) is 29.0 Å². The lowest BCUT2D eigenvalue weighted by Gasteiger charge is -2.13. The number of aliphatic carboxylic acids is 1. The number of hydrogen-bond acceptors (Lipinski definition) is 6. The number of amides is 2. The van der Waals surface area contributed by atoms with Crippen LogP contribution in [0.1, 0.15) is 46.0 Å². The lowest BCUT2D eigenvalue weighted by atomic mass is 10.1. The Morgan fingerprint density at radius 1 is 1.13 bits per heavy atom. The van der Waals surface area contributed by atoms with E-state index in [2.05, 4.69) is 4.98 Å². The summed E-state index contributed by atoms with van der Waals surface area (Å²) in [6.07, 6.45) is 2.29. The molecule has 0 saturated heterocycles. The Kier molecular flexibility index (Phi) is 6.26. The van der Waals surface area contributed by atoms with E-state index >= 15 is 0 Å². The lowest BCUT2D eigenvalue weighted by Crippen LogP contribution is -2.34. The first-order valence-electron chi connectivity index (χ1n) is 9.45. The summed E-state index contributed by atoms with van der Waals surface area (Å²) < 4.78 is 1.30. The van der Waals surface area contributed by atoms with Gasteiger partial charge in [-0.1, -0.05) is 19.1 Å². The minimum atomic E-state index is -0.908. The molecule has 158 valence electrons. The van der Waals surface area contributed by atoms with E-state index in [-0.39, 0.29) is 36.3 Å². The number of fused-ring (bicyclic) bond motifs is 1. The van der Waals surface area contributed by atoms with Crippen LogP contribution in [0.5, 0.6) is 0 Å². The van der Waals surface area contributed by atoms with E-state index in [0.717, 1.165) is 0 Å². The smallest absolute Gasteiger partial charge is 0.328 e. The fourth-order valence-corrected chi connectivity index (χ4v) is 3.12. The molecule has 2 amide bonds. The van der Waals surface area contributed by atoms with Gasteiger partial charge in [0.25, 0.3) is 17.4 Å². The minimum Gasteiger partial charge on any atom is -0.481 e. The average Bonchev–Trinajstić information content (AvgIpc) is 2.95. The summed E-state index contributed by atoms with van der Waals surface area (Å²) in [5.41, 5.74) is -0.416. The van der Waals surface area contributed by atoms with E-state index in [1.807, 2.05) is 0 Å². The van der Waals surface area contributed by atoms with Gasteiger partial charge in [0.15, 0.2) is 0 Å². The van der Waals surface area contributed by atoms with Crippen LogP contribution < -0.4 is 11.2 Å². The molecule has 10 heteroatoms. The normalized spacial score (nSPS) is 14.1. The van der Waals surface area contributed by atoms with Crippen LogP contribution in [0.4, 0.5) is 0 Å². The molecular formula is C20H21N3O7. The van der Waals surface area contributed by atoms with Crippen molar-refractivity contribution in [1.82, 2.24) is 14.6 Å². The highest BCUT2D eigenvalue weighted by Crippen LogP contribution is 2.22. The maximum atomic E-state index is 12.3. The van der Waals surface area contributed by atoms with Gasteiger partial charge in [-0.05, 0) is 25.0 Å². The Hall–Kier alpha value is -3.53. The second kappa shape index (κ2) is 8.87. The highest BCUT2D eigenvalue weighted by molar-refractivity contribution is 6.20. The molecule has 0 spiro atoms. The lowest BCUT2D eigenvalue weighted by molar-refractivity contribution is -0.141. The number of aromatic amines is 1. The van der Waals surface area contributed by atoms with Crippen molar-refractivity contribution in [1.29, 1.82) is 0 Å². The highest BCUT2D eigenvalue weighted by atomic mass is 16.7. The Balaban J connectivity index is 1.61. The molecule has 1 unspecified atom stereocenters. The number of carboxylic acids is 1. The molecule has 2 heterocycles. The van der Waals surface area contributed by atoms with Gasteiger partial charge in [-0.2, -0.15) is 0 Å². The van der Waals surface area contributed by atoms with Crippen LogP contribution in [0, 0.1) is 5.92 Å².